The molecule has 0 aliphatic heterocycles. The molecule has 28 heavy (non-hydrogen) atoms. The first-order valence-corrected chi connectivity index (χ1v) is 10.4. The van der Waals surface area contributed by atoms with Crippen molar-refractivity contribution in [3.05, 3.63) is 40.4 Å². The fourth-order valence-corrected chi connectivity index (χ4v) is 4.75. The van der Waals surface area contributed by atoms with Gasteiger partial charge >= 0.3 is 0 Å². The van der Waals surface area contributed by atoms with Crippen LogP contribution in [0.15, 0.2) is 24.3 Å². The molecule has 0 radical (unpaired) electrons. The summed E-state index contributed by atoms with van der Waals surface area (Å²) in [5.41, 5.74) is 1.36. The van der Waals surface area contributed by atoms with E-state index in [9.17, 15) is 9.59 Å². The number of hydrogen-bond acceptors (Lipinski definition) is 5. The molecule has 7 heteroatoms. The molecule has 1 heterocycles. The van der Waals surface area contributed by atoms with Gasteiger partial charge in [0, 0.05) is 22.5 Å². The van der Waals surface area contributed by atoms with Crippen molar-refractivity contribution in [3.63, 3.8) is 0 Å². The van der Waals surface area contributed by atoms with Gasteiger partial charge in [-0.05, 0) is 64.8 Å². The number of rotatable bonds is 6. The number of amides is 2. The van der Waals surface area contributed by atoms with Gasteiger partial charge in [0.15, 0.2) is 5.13 Å². The van der Waals surface area contributed by atoms with Crippen molar-refractivity contribution in [2.24, 2.45) is 0 Å². The van der Waals surface area contributed by atoms with Gasteiger partial charge in [-0.1, -0.05) is 0 Å². The number of hydrogen-bond donors (Lipinski definition) is 1. The first-order valence-electron chi connectivity index (χ1n) is 9.59. The lowest BCUT2D eigenvalue weighted by Crippen LogP contribution is -2.44. The third-order valence-electron chi connectivity index (χ3n) is 4.96. The largest absolute Gasteiger partial charge is 0.497 e. The molecule has 150 valence electrons. The summed E-state index contributed by atoms with van der Waals surface area (Å²) in [6, 6.07) is 7.21. The molecule has 1 aromatic heterocycles. The van der Waals surface area contributed by atoms with Crippen LogP contribution in [-0.4, -0.2) is 40.9 Å². The number of aromatic nitrogens is 1. The van der Waals surface area contributed by atoms with Gasteiger partial charge in [0.25, 0.3) is 5.91 Å². The molecule has 0 bridgehead atoms. The van der Waals surface area contributed by atoms with E-state index >= 15 is 0 Å². The smallest absolute Gasteiger partial charge is 0.257 e. The van der Waals surface area contributed by atoms with E-state index in [0.717, 1.165) is 23.4 Å². The maximum Gasteiger partial charge on any atom is 0.257 e. The minimum absolute atomic E-state index is 0.127. The number of thiazole rings is 1. The highest BCUT2D eigenvalue weighted by Crippen LogP contribution is 2.40. The van der Waals surface area contributed by atoms with E-state index in [4.69, 9.17) is 4.74 Å². The van der Waals surface area contributed by atoms with Crippen molar-refractivity contribution in [2.45, 2.75) is 58.5 Å². The van der Waals surface area contributed by atoms with Crippen LogP contribution in [-0.2, 0) is 11.2 Å². The summed E-state index contributed by atoms with van der Waals surface area (Å²) in [7, 11) is 1.59. The zero-order chi connectivity index (χ0) is 20.4. The average Bonchev–Trinajstić information content (AvgIpc) is 3.21. The Labute approximate surface area is 169 Å². The molecular formula is C21H27N3O3S. The van der Waals surface area contributed by atoms with Crippen molar-refractivity contribution in [1.82, 2.24) is 9.88 Å². The highest BCUT2D eigenvalue weighted by molar-refractivity contribution is 7.16. The third kappa shape index (κ3) is 4.04. The Morgan fingerprint density at radius 1 is 1.18 bits per heavy atom. The number of fused-ring (bicyclic) bond motifs is 1. The Hall–Kier alpha value is -2.41. The maximum atomic E-state index is 13.1. The van der Waals surface area contributed by atoms with Crippen LogP contribution in [0.4, 0.5) is 5.13 Å². The van der Waals surface area contributed by atoms with E-state index in [-0.39, 0.29) is 29.8 Å². The third-order valence-corrected chi connectivity index (χ3v) is 6.00. The monoisotopic (exact) mass is 401 g/mol. The van der Waals surface area contributed by atoms with Crippen molar-refractivity contribution < 1.29 is 14.3 Å². The van der Waals surface area contributed by atoms with E-state index in [1.54, 1.807) is 31.4 Å². The van der Waals surface area contributed by atoms with Crippen LogP contribution < -0.4 is 10.1 Å². The molecule has 0 saturated carbocycles. The second-order valence-electron chi connectivity index (χ2n) is 7.53. The molecule has 1 N–H and O–H groups in total. The minimum Gasteiger partial charge on any atom is -0.497 e. The van der Waals surface area contributed by atoms with Crippen LogP contribution in [0.1, 0.15) is 61.0 Å². The molecular weight excluding hydrogens is 374 g/mol. The maximum absolute atomic E-state index is 13.1. The van der Waals surface area contributed by atoms with Gasteiger partial charge in [-0.3, -0.25) is 14.9 Å². The molecule has 0 fully saturated rings. The molecule has 3 rings (SSSR count). The van der Waals surface area contributed by atoms with Gasteiger partial charge in [0.2, 0.25) is 5.91 Å². The Morgan fingerprint density at radius 2 is 1.82 bits per heavy atom. The number of nitrogens with zero attached hydrogens (tertiary/aromatic N) is 2. The van der Waals surface area contributed by atoms with Crippen LogP contribution in [0.2, 0.25) is 0 Å². The number of aryl methyl sites for hydroxylation is 1. The molecule has 1 aliphatic rings. The summed E-state index contributed by atoms with van der Waals surface area (Å²) in [5, 5.41) is 3.41. The van der Waals surface area contributed by atoms with Crippen LogP contribution in [0.3, 0.4) is 0 Å². The molecule has 0 spiro atoms. The lowest BCUT2D eigenvalue weighted by atomic mass is 10.0. The van der Waals surface area contributed by atoms with Crippen LogP contribution >= 0.6 is 11.3 Å². The quantitative estimate of drug-likeness (QED) is 0.792. The molecule has 1 atom stereocenters. The van der Waals surface area contributed by atoms with Gasteiger partial charge in [-0.15, -0.1) is 11.3 Å². The first-order chi connectivity index (χ1) is 13.3. The number of nitrogens with one attached hydrogen (secondary N) is 1. The highest BCUT2D eigenvalue weighted by atomic mass is 32.1. The van der Waals surface area contributed by atoms with E-state index in [0.29, 0.717) is 16.4 Å². The number of carbonyl (C=O) groups excluding carboxylic acids is 2. The number of anilines is 1. The van der Waals surface area contributed by atoms with Crippen LogP contribution in [0, 0.1) is 0 Å². The summed E-state index contributed by atoms with van der Waals surface area (Å²) < 4.78 is 5.12. The van der Waals surface area contributed by atoms with Gasteiger partial charge in [0.1, 0.15) is 5.75 Å². The molecule has 0 saturated heterocycles. The second-order valence-corrected chi connectivity index (χ2v) is 8.62. The van der Waals surface area contributed by atoms with Crippen LogP contribution in [0.25, 0.3) is 0 Å². The Morgan fingerprint density at radius 3 is 2.39 bits per heavy atom. The molecule has 1 aromatic carbocycles. The summed E-state index contributed by atoms with van der Waals surface area (Å²) in [5.74, 6) is 0.389. The lowest BCUT2D eigenvalue weighted by molar-refractivity contribution is -0.136. The van der Waals surface area contributed by atoms with Crippen molar-refractivity contribution in [1.29, 1.82) is 0 Å². The average molecular weight is 402 g/mol. The van der Waals surface area contributed by atoms with Crippen molar-refractivity contribution >= 4 is 28.3 Å². The predicted molar refractivity (Wildman–Crippen MR) is 111 cm³/mol. The van der Waals surface area contributed by atoms with Crippen molar-refractivity contribution in [3.8, 4) is 5.75 Å². The normalized spacial score (nSPS) is 15.6. The van der Waals surface area contributed by atoms with Crippen LogP contribution in [0.5, 0.6) is 5.75 Å². The van der Waals surface area contributed by atoms with Gasteiger partial charge < -0.3 is 9.64 Å². The molecule has 2 aromatic rings. The van der Waals surface area contributed by atoms with Gasteiger partial charge in [-0.25, -0.2) is 4.98 Å². The summed E-state index contributed by atoms with van der Waals surface area (Å²) in [6.45, 7) is 8.15. The fraction of sp³-hybridized carbons (Fsp3) is 0.476. The lowest BCUT2D eigenvalue weighted by Gasteiger charge is -2.33. The zero-order valence-corrected chi connectivity index (χ0v) is 17.8. The Bertz CT molecular complexity index is 850. The Kier molecular flexibility index (Phi) is 6.03. The van der Waals surface area contributed by atoms with E-state index < -0.39 is 0 Å². The second kappa shape index (κ2) is 8.31. The fourth-order valence-electron chi connectivity index (χ4n) is 3.72. The number of ether oxygens (including phenoxy) is 1. The van der Waals surface area contributed by atoms with Gasteiger partial charge in [-0.2, -0.15) is 0 Å². The number of carbonyl (C=O) groups is 2. The summed E-state index contributed by atoms with van der Waals surface area (Å²) >= 11 is 1.46. The topological polar surface area (TPSA) is 71.5 Å². The van der Waals surface area contributed by atoms with Gasteiger partial charge in [0.05, 0.1) is 18.7 Å². The highest BCUT2D eigenvalue weighted by Gasteiger charge is 2.36. The molecule has 2 amide bonds. The first kappa shape index (κ1) is 20.3. The molecule has 6 nitrogen and oxygen atoms in total. The summed E-state index contributed by atoms with van der Waals surface area (Å²) in [4.78, 5) is 33.2. The number of benzene rings is 1. The van der Waals surface area contributed by atoms with E-state index in [1.165, 1.54) is 11.3 Å². The molecule has 1 unspecified atom stereocenters. The standard InChI is InChI=1S/C21H27N3O3S/c1-12(2)24(13(3)4)20(26)16-10-11-17-18(16)22-21(28-17)23-19(25)14-6-8-15(27-5)9-7-14/h6-9,12-13,16H,10-11H2,1-5H3,(H,22,23,25). The summed E-state index contributed by atoms with van der Waals surface area (Å²) in [6.07, 6.45) is 1.61. The SMILES string of the molecule is COc1ccc(C(=O)Nc2nc3c(s2)CCC3C(=O)N(C(C)C)C(C)C)cc1. The Balaban J connectivity index is 1.75. The predicted octanol–water partition coefficient (Wildman–Crippen LogP) is 4.08. The number of methoxy groups -OCH3 is 1. The minimum atomic E-state index is -0.220. The molecule has 1 aliphatic carbocycles. The van der Waals surface area contributed by atoms with E-state index in [1.807, 2.05) is 32.6 Å². The van der Waals surface area contributed by atoms with Crippen molar-refractivity contribution in [2.75, 3.05) is 12.4 Å². The zero-order valence-electron chi connectivity index (χ0n) is 17.0. The van der Waals surface area contributed by atoms with E-state index in [2.05, 4.69) is 10.3 Å².